The Bertz CT molecular complexity index is 203. The van der Waals surface area contributed by atoms with Crippen LogP contribution in [0.5, 0.6) is 0 Å². The first kappa shape index (κ1) is 21.3. The molecule has 0 aliphatic rings. The summed E-state index contributed by atoms with van der Waals surface area (Å²) >= 11 is 0. The van der Waals surface area contributed by atoms with Crippen LogP contribution in [0.3, 0.4) is 0 Å². The van der Waals surface area contributed by atoms with Crippen LogP contribution < -0.4 is 0 Å². The third-order valence-electron chi connectivity index (χ3n) is 3.77. The molecule has 21 heavy (non-hydrogen) atoms. The van der Waals surface area contributed by atoms with Crippen molar-refractivity contribution >= 4 is 8.60 Å². The van der Waals surface area contributed by atoms with Crippen LogP contribution >= 0.6 is 8.60 Å². The van der Waals surface area contributed by atoms with E-state index < -0.39 is 14.7 Å². The van der Waals surface area contributed by atoms with Crippen molar-refractivity contribution in [1.29, 1.82) is 0 Å². The first-order valence-corrected chi connectivity index (χ1v) is 9.82. The quantitative estimate of drug-likeness (QED) is 0.285. The predicted octanol–water partition coefficient (Wildman–Crippen LogP) is 4.67. The van der Waals surface area contributed by atoms with Crippen molar-refractivity contribution in [3.63, 3.8) is 0 Å². The topological polar surface area (TPSA) is 69.9 Å². The lowest BCUT2D eigenvalue weighted by molar-refractivity contribution is 0.0898. The maximum absolute atomic E-state index is 9.52. The van der Waals surface area contributed by atoms with Crippen LogP contribution in [0.4, 0.5) is 0 Å². The van der Waals surface area contributed by atoms with Crippen molar-refractivity contribution in [2.45, 2.75) is 96.5 Å². The molecule has 1 unspecified atom stereocenters. The lowest BCUT2D eigenvalue weighted by Gasteiger charge is -2.10. The van der Waals surface area contributed by atoms with Gasteiger partial charge in [0.15, 0.2) is 0 Å². The SMILES string of the molecule is CCCCCCCCCCCCCCC(O)COP(O)O. The molecule has 0 heterocycles. The van der Waals surface area contributed by atoms with Crippen molar-refractivity contribution < 1.29 is 19.4 Å². The van der Waals surface area contributed by atoms with Gasteiger partial charge in [-0.1, -0.05) is 84.0 Å². The molecule has 0 fully saturated rings. The Labute approximate surface area is 131 Å². The average Bonchev–Trinajstić information content (AvgIpc) is 2.46. The lowest BCUT2D eigenvalue weighted by atomic mass is 10.0. The van der Waals surface area contributed by atoms with Gasteiger partial charge >= 0.3 is 8.60 Å². The van der Waals surface area contributed by atoms with Gasteiger partial charge in [-0.25, -0.2) is 0 Å². The minimum absolute atomic E-state index is 0.0245. The third-order valence-corrected chi connectivity index (χ3v) is 4.15. The summed E-state index contributed by atoms with van der Waals surface area (Å²) in [6.45, 7) is 2.28. The molecule has 0 aliphatic carbocycles. The van der Waals surface area contributed by atoms with Crippen LogP contribution in [0.1, 0.15) is 90.4 Å². The fourth-order valence-corrected chi connectivity index (χ4v) is 2.76. The minimum Gasteiger partial charge on any atom is -0.391 e. The first-order chi connectivity index (χ1) is 10.2. The van der Waals surface area contributed by atoms with Crippen LogP contribution in [0.2, 0.25) is 0 Å². The molecule has 0 spiro atoms. The summed E-state index contributed by atoms with van der Waals surface area (Å²) in [7, 11) is -2.33. The smallest absolute Gasteiger partial charge is 0.327 e. The van der Waals surface area contributed by atoms with Gasteiger partial charge in [0.1, 0.15) is 0 Å². The molecule has 0 aromatic carbocycles. The summed E-state index contributed by atoms with van der Waals surface area (Å²) in [5.74, 6) is 0. The Kier molecular flexibility index (Phi) is 16.9. The van der Waals surface area contributed by atoms with Gasteiger partial charge in [0.25, 0.3) is 0 Å². The van der Waals surface area contributed by atoms with Crippen LogP contribution in [0, 0.1) is 0 Å². The summed E-state index contributed by atoms with van der Waals surface area (Å²) in [6.07, 6.45) is 15.7. The van der Waals surface area contributed by atoms with E-state index >= 15 is 0 Å². The molecule has 0 bridgehead atoms. The second kappa shape index (κ2) is 16.6. The number of hydrogen-bond donors (Lipinski definition) is 3. The van der Waals surface area contributed by atoms with Gasteiger partial charge in [-0.2, -0.15) is 0 Å². The normalized spacial score (nSPS) is 13.0. The van der Waals surface area contributed by atoms with E-state index in [1.807, 2.05) is 0 Å². The Morgan fingerprint density at radius 2 is 1.19 bits per heavy atom. The molecular weight excluding hydrogens is 287 g/mol. The number of aliphatic hydroxyl groups excluding tert-OH is 1. The molecule has 3 N–H and O–H groups in total. The second-order valence-corrected chi connectivity index (χ2v) is 6.64. The van der Waals surface area contributed by atoms with Gasteiger partial charge in [-0.3, -0.25) is 0 Å². The highest BCUT2D eigenvalue weighted by Gasteiger charge is 2.07. The molecule has 0 amide bonds. The Morgan fingerprint density at radius 1 is 0.762 bits per heavy atom. The zero-order valence-electron chi connectivity index (χ0n) is 13.7. The average molecular weight is 322 g/mol. The van der Waals surface area contributed by atoms with Gasteiger partial charge in [-0.15, -0.1) is 0 Å². The van der Waals surface area contributed by atoms with Gasteiger partial charge in [0.2, 0.25) is 0 Å². The van der Waals surface area contributed by atoms with Gasteiger partial charge < -0.3 is 19.4 Å². The summed E-state index contributed by atoms with van der Waals surface area (Å²) < 4.78 is 4.59. The van der Waals surface area contributed by atoms with Crippen molar-refractivity contribution in [1.82, 2.24) is 0 Å². The van der Waals surface area contributed by atoms with Crippen LogP contribution in [-0.2, 0) is 4.52 Å². The van der Waals surface area contributed by atoms with E-state index in [9.17, 15) is 5.11 Å². The molecular formula is C16H35O4P. The Balaban J connectivity index is 3.08. The highest BCUT2D eigenvalue weighted by Crippen LogP contribution is 2.24. The fraction of sp³-hybridized carbons (Fsp3) is 1.00. The molecule has 4 nitrogen and oxygen atoms in total. The van der Waals surface area contributed by atoms with E-state index in [4.69, 9.17) is 9.79 Å². The van der Waals surface area contributed by atoms with Crippen molar-refractivity contribution in [3.05, 3.63) is 0 Å². The maximum atomic E-state index is 9.52. The molecule has 0 aliphatic heterocycles. The van der Waals surface area contributed by atoms with Crippen LogP contribution in [0.15, 0.2) is 0 Å². The monoisotopic (exact) mass is 322 g/mol. The van der Waals surface area contributed by atoms with Gasteiger partial charge in [0, 0.05) is 0 Å². The standard InChI is InChI=1S/C16H35O4P/c1-2-3-4-5-6-7-8-9-10-11-12-13-14-16(17)15-20-21(18)19/h16-19H,2-15H2,1H3. The molecule has 0 rings (SSSR count). The molecule has 0 saturated heterocycles. The highest BCUT2D eigenvalue weighted by molar-refractivity contribution is 7.39. The molecule has 128 valence electrons. The van der Waals surface area contributed by atoms with Gasteiger partial charge in [0.05, 0.1) is 12.7 Å². The number of aliphatic hydroxyl groups is 1. The Hall–Kier alpha value is 0.270. The largest absolute Gasteiger partial charge is 0.391 e. The third kappa shape index (κ3) is 18.2. The zero-order valence-corrected chi connectivity index (χ0v) is 14.6. The van der Waals surface area contributed by atoms with E-state index in [0.29, 0.717) is 6.42 Å². The zero-order chi connectivity index (χ0) is 15.8. The van der Waals surface area contributed by atoms with Crippen LogP contribution in [-0.4, -0.2) is 27.6 Å². The molecule has 5 heteroatoms. The fourth-order valence-electron chi connectivity index (χ4n) is 2.46. The summed E-state index contributed by atoms with van der Waals surface area (Å²) in [4.78, 5) is 17.1. The van der Waals surface area contributed by atoms with Crippen molar-refractivity contribution in [2.24, 2.45) is 0 Å². The minimum atomic E-state index is -2.33. The summed E-state index contributed by atoms with van der Waals surface area (Å²) in [5, 5.41) is 9.52. The second-order valence-electron chi connectivity index (χ2n) is 5.88. The lowest BCUT2D eigenvalue weighted by Crippen LogP contribution is -2.13. The molecule has 0 aromatic rings. The molecule has 1 atom stereocenters. The van der Waals surface area contributed by atoms with E-state index in [0.717, 1.165) is 12.8 Å². The van der Waals surface area contributed by atoms with E-state index in [1.165, 1.54) is 64.2 Å². The van der Waals surface area contributed by atoms with Crippen molar-refractivity contribution in [2.75, 3.05) is 6.61 Å². The highest BCUT2D eigenvalue weighted by atomic mass is 31.2. The van der Waals surface area contributed by atoms with Crippen LogP contribution in [0.25, 0.3) is 0 Å². The Morgan fingerprint density at radius 3 is 1.62 bits per heavy atom. The number of hydrogen-bond acceptors (Lipinski definition) is 4. The maximum Gasteiger partial charge on any atom is 0.327 e. The molecule has 0 saturated carbocycles. The molecule has 0 aromatic heterocycles. The van der Waals surface area contributed by atoms with Crippen molar-refractivity contribution in [3.8, 4) is 0 Å². The predicted molar refractivity (Wildman–Crippen MR) is 89.0 cm³/mol. The summed E-state index contributed by atoms with van der Waals surface area (Å²) in [6, 6.07) is 0. The first-order valence-electron chi connectivity index (χ1n) is 8.65. The van der Waals surface area contributed by atoms with E-state index in [-0.39, 0.29) is 6.61 Å². The molecule has 0 radical (unpaired) electrons. The van der Waals surface area contributed by atoms with E-state index in [2.05, 4.69) is 11.4 Å². The summed E-state index contributed by atoms with van der Waals surface area (Å²) in [5.41, 5.74) is 0. The van der Waals surface area contributed by atoms with E-state index in [1.54, 1.807) is 0 Å². The number of unbranched alkanes of at least 4 members (excludes halogenated alkanes) is 11. The van der Waals surface area contributed by atoms with Gasteiger partial charge in [-0.05, 0) is 6.42 Å². The number of rotatable bonds is 16.